The Morgan fingerprint density at radius 2 is 2.33 bits per heavy atom. The third-order valence-corrected chi connectivity index (χ3v) is 3.54. The molecule has 0 atom stereocenters. The van der Waals surface area contributed by atoms with Crippen molar-refractivity contribution >= 4 is 55.7 Å². The normalized spacial score (nSPS) is 10.5. The third-order valence-electron chi connectivity index (χ3n) is 1.90. The Labute approximate surface area is 103 Å². The van der Waals surface area contributed by atoms with Crippen molar-refractivity contribution in [3.8, 4) is 0 Å². The van der Waals surface area contributed by atoms with Gasteiger partial charge in [-0.15, -0.1) is 11.3 Å². The molecule has 0 fully saturated rings. The molecule has 15 heavy (non-hydrogen) atoms. The van der Waals surface area contributed by atoms with Gasteiger partial charge in [0, 0.05) is 4.47 Å². The number of thiazole rings is 1. The van der Waals surface area contributed by atoms with Crippen LogP contribution in [-0.2, 0) is 4.74 Å². The summed E-state index contributed by atoms with van der Waals surface area (Å²) in [4.78, 5) is 14.5. The summed E-state index contributed by atoms with van der Waals surface area (Å²) < 4.78 is 7.12. The zero-order valence-corrected chi connectivity index (χ0v) is 10.9. The van der Waals surface area contributed by atoms with Crippen LogP contribution in [0.25, 0.3) is 10.2 Å². The number of hydrogen-bond acceptors (Lipinski definition) is 4. The van der Waals surface area contributed by atoms with Crippen LogP contribution < -0.4 is 0 Å². The van der Waals surface area contributed by atoms with E-state index in [2.05, 4.69) is 20.9 Å². The van der Waals surface area contributed by atoms with E-state index in [1.54, 1.807) is 6.07 Å². The van der Waals surface area contributed by atoms with Gasteiger partial charge in [0.05, 0.1) is 22.9 Å². The van der Waals surface area contributed by atoms with Crippen LogP contribution in [0.3, 0.4) is 0 Å². The Morgan fingerprint density at radius 1 is 1.60 bits per heavy atom. The lowest BCUT2D eigenvalue weighted by atomic mass is 10.2. The van der Waals surface area contributed by atoms with E-state index in [0.717, 1.165) is 14.7 Å². The summed E-state index contributed by atoms with van der Waals surface area (Å²) in [6.07, 6.45) is 0. The van der Waals surface area contributed by atoms with Crippen LogP contribution in [0, 0.1) is 3.95 Å². The molecule has 1 N–H and O–H groups in total. The quantitative estimate of drug-likeness (QED) is 0.647. The average Bonchev–Trinajstić information content (AvgIpc) is 2.55. The SMILES string of the molecule is COC(=O)c1cc(Br)cc2sc(=S)[nH]c12. The fourth-order valence-electron chi connectivity index (χ4n) is 1.29. The van der Waals surface area contributed by atoms with Crippen molar-refractivity contribution in [3.05, 3.63) is 26.1 Å². The lowest BCUT2D eigenvalue weighted by Crippen LogP contribution is -2.01. The molecular weight excluding hydrogens is 298 g/mol. The summed E-state index contributed by atoms with van der Waals surface area (Å²) in [5.74, 6) is -0.370. The molecule has 0 amide bonds. The Bertz CT molecular complexity index is 587. The molecule has 0 radical (unpaired) electrons. The predicted molar refractivity (Wildman–Crippen MR) is 66.0 cm³/mol. The molecular formula is C9H6BrNO2S2. The highest BCUT2D eigenvalue weighted by molar-refractivity contribution is 9.10. The smallest absolute Gasteiger partial charge is 0.340 e. The minimum Gasteiger partial charge on any atom is -0.465 e. The summed E-state index contributed by atoms with van der Waals surface area (Å²) in [5, 5.41) is 0. The molecule has 6 heteroatoms. The second-order valence-electron chi connectivity index (χ2n) is 2.83. The van der Waals surface area contributed by atoms with E-state index >= 15 is 0 Å². The molecule has 1 aromatic carbocycles. The van der Waals surface area contributed by atoms with Gasteiger partial charge in [0.15, 0.2) is 3.95 Å². The van der Waals surface area contributed by atoms with Gasteiger partial charge in [-0.3, -0.25) is 0 Å². The maximum Gasteiger partial charge on any atom is 0.340 e. The summed E-state index contributed by atoms with van der Waals surface area (Å²) in [5.41, 5.74) is 1.23. The van der Waals surface area contributed by atoms with E-state index in [9.17, 15) is 4.79 Å². The number of halogens is 1. The molecule has 0 bridgehead atoms. The minimum absolute atomic E-state index is 0.370. The van der Waals surface area contributed by atoms with Crippen LogP contribution in [0.5, 0.6) is 0 Å². The number of nitrogens with one attached hydrogen (secondary N) is 1. The van der Waals surface area contributed by atoms with Crippen LogP contribution in [0.4, 0.5) is 0 Å². The van der Waals surface area contributed by atoms with Gasteiger partial charge < -0.3 is 9.72 Å². The molecule has 0 saturated heterocycles. The summed E-state index contributed by atoms with van der Waals surface area (Å²) in [6.45, 7) is 0. The predicted octanol–water partition coefficient (Wildman–Crippen LogP) is 3.51. The molecule has 2 aromatic rings. The standard InChI is InChI=1S/C9H6BrNO2S2/c1-13-8(12)5-2-4(10)3-6-7(5)11-9(14)15-6/h2-3H,1H3,(H,11,14). The number of esters is 1. The van der Waals surface area contributed by atoms with Crippen LogP contribution in [-0.4, -0.2) is 18.1 Å². The first-order valence-electron chi connectivity index (χ1n) is 4.02. The van der Waals surface area contributed by atoms with E-state index < -0.39 is 0 Å². The van der Waals surface area contributed by atoms with Gasteiger partial charge >= 0.3 is 5.97 Å². The van der Waals surface area contributed by atoms with Crippen LogP contribution in [0.2, 0.25) is 0 Å². The number of H-pyrrole nitrogens is 1. The van der Waals surface area contributed by atoms with Gasteiger partial charge in [-0.25, -0.2) is 4.79 Å². The van der Waals surface area contributed by atoms with Gasteiger partial charge in [0.2, 0.25) is 0 Å². The highest BCUT2D eigenvalue weighted by Gasteiger charge is 2.13. The number of hydrogen-bond donors (Lipinski definition) is 1. The maximum absolute atomic E-state index is 11.5. The topological polar surface area (TPSA) is 42.1 Å². The second kappa shape index (κ2) is 4.03. The molecule has 0 unspecified atom stereocenters. The van der Waals surface area contributed by atoms with E-state index in [-0.39, 0.29) is 5.97 Å². The molecule has 2 rings (SSSR count). The Kier molecular flexibility index (Phi) is 2.90. The minimum atomic E-state index is -0.370. The van der Waals surface area contributed by atoms with Crippen molar-refractivity contribution in [1.29, 1.82) is 0 Å². The lowest BCUT2D eigenvalue weighted by Gasteiger charge is -2.01. The van der Waals surface area contributed by atoms with Crippen molar-refractivity contribution in [2.24, 2.45) is 0 Å². The number of fused-ring (bicyclic) bond motifs is 1. The highest BCUT2D eigenvalue weighted by Crippen LogP contribution is 2.27. The number of ether oxygens (including phenoxy) is 1. The maximum atomic E-state index is 11.5. The molecule has 0 aliphatic carbocycles. The fourth-order valence-corrected chi connectivity index (χ4v) is 3.07. The van der Waals surface area contributed by atoms with Gasteiger partial charge in [-0.2, -0.15) is 0 Å². The van der Waals surface area contributed by atoms with Crippen LogP contribution in [0.1, 0.15) is 10.4 Å². The lowest BCUT2D eigenvalue weighted by molar-refractivity contribution is 0.0602. The first-order chi connectivity index (χ1) is 7.11. The van der Waals surface area contributed by atoms with Crippen molar-refractivity contribution in [2.75, 3.05) is 7.11 Å². The van der Waals surface area contributed by atoms with Crippen molar-refractivity contribution < 1.29 is 9.53 Å². The largest absolute Gasteiger partial charge is 0.465 e. The number of carbonyl (C=O) groups excluding carboxylic acids is 1. The fraction of sp³-hybridized carbons (Fsp3) is 0.111. The number of aromatic nitrogens is 1. The molecule has 0 saturated carbocycles. The molecule has 3 nitrogen and oxygen atoms in total. The Hall–Kier alpha value is -0.720. The van der Waals surface area contributed by atoms with Crippen LogP contribution in [0.15, 0.2) is 16.6 Å². The molecule has 0 spiro atoms. The number of aromatic amines is 1. The van der Waals surface area contributed by atoms with E-state index in [1.165, 1.54) is 18.4 Å². The number of benzene rings is 1. The monoisotopic (exact) mass is 303 g/mol. The van der Waals surface area contributed by atoms with Crippen molar-refractivity contribution in [3.63, 3.8) is 0 Å². The van der Waals surface area contributed by atoms with Gasteiger partial charge in [-0.05, 0) is 24.4 Å². The van der Waals surface area contributed by atoms with Gasteiger partial charge in [0.1, 0.15) is 0 Å². The number of carbonyl (C=O) groups is 1. The third kappa shape index (κ3) is 1.97. The summed E-state index contributed by atoms with van der Waals surface area (Å²) >= 11 is 9.81. The van der Waals surface area contributed by atoms with Gasteiger partial charge in [-0.1, -0.05) is 15.9 Å². The highest BCUT2D eigenvalue weighted by atomic mass is 79.9. The number of rotatable bonds is 1. The molecule has 1 heterocycles. The number of methoxy groups -OCH3 is 1. The molecule has 0 aliphatic rings. The van der Waals surface area contributed by atoms with Crippen molar-refractivity contribution in [2.45, 2.75) is 0 Å². The van der Waals surface area contributed by atoms with Crippen molar-refractivity contribution in [1.82, 2.24) is 4.98 Å². The first kappa shape index (κ1) is 10.8. The zero-order chi connectivity index (χ0) is 11.0. The second-order valence-corrected chi connectivity index (χ2v) is 5.47. The molecule has 78 valence electrons. The first-order valence-corrected chi connectivity index (χ1v) is 6.04. The van der Waals surface area contributed by atoms with Crippen LogP contribution >= 0.6 is 39.5 Å². The van der Waals surface area contributed by atoms with E-state index in [0.29, 0.717) is 9.52 Å². The average molecular weight is 304 g/mol. The Morgan fingerprint density at radius 3 is 3.00 bits per heavy atom. The van der Waals surface area contributed by atoms with E-state index in [1.807, 2.05) is 6.07 Å². The zero-order valence-electron chi connectivity index (χ0n) is 7.67. The summed E-state index contributed by atoms with van der Waals surface area (Å²) in [7, 11) is 1.36. The van der Waals surface area contributed by atoms with Gasteiger partial charge in [0.25, 0.3) is 0 Å². The Balaban J connectivity index is 2.81. The van der Waals surface area contributed by atoms with E-state index in [4.69, 9.17) is 17.0 Å². The molecule has 1 aromatic heterocycles. The molecule has 0 aliphatic heterocycles. The summed E-state index contributed by atoms with van der Waals surface area (Å²) in [6, 6.07) is 3.63.